The van der Waals surface area contributed by atoms with Gasteiger partial charge in [0.15, 0.2) is 0 Å². The van der Waals surface area contributed by atoms with E-state index >= 15 is 0 Å². The zero-order valence-corrected chi connectivity index (χ0v) is 12.8. The second kappa shape index (κ2) is 6.53. The molecule has 0 aliphatic carbocycles. The van der Waals surface area contributed by atoms with Crippen molar-refractivity contribution < 1.29 is 4.79 Å². The molecule has 0 saturated carbocycles. The lowest BCUT2D eigenvalue weighted by Gasteiger charge is -2.14. The third-order valence-corrected chi connectivity index (χ3v) is 4.61. The number of anilines is 1. The minimum absolute atomic E-state index is 0.179. The topological polar surface area (TPSA) is 78.9 Å². The quantitative estimate of drug-likeness (QED) is 0.911. The van der Waals surface area contributed by atoms with Crippen molar-refractivity contribution in [3.05, 3.63) is 51.9 Å². The monoisotopic (exact) mass is 299 g/mol. The third kappa shape index (κ3) is 3.13. The van der Waals surface area contributed by atoms with E-state index < -0.39 is 5.92 Å². The molecule has 0 aliphatic heterocycles. The van der Waals surface area contributed by atoms with Crippen LogP contribution in [0.2, 0.25) is 0 Å². The summed E-state index contributed by atoms with van der Waals surface area (Å²) in [7, 11) is 0. The molecule has 21 heavy (non-hydrogen) atoms. The number of aryl methyl sites for hydroxylation is 1. The number of hydrogen-bond acceptors (Lipinski definition) is 4. The van der Waals surface area contributed by atoms with Gasteiger partial charge >= 0.3 is 0 Å². The third-order valence-electron chi connectivity index (χ3n) is 3.49. The number of carbonyl (C=O) groups is 1. The molecular weight excluding hydrogens is 282 g/mol. The van der Waals surface area contributed by atoms with E-state index in [-0.39, 0.29) is 12.5 Å². The van der Waals surface area contributed by atoms with E-state index in [1.807, 2.05) is 44.2 Å². The highest BCUT2D eigenvalue weighted by Gasteiger charge is 2.21. The molecule has 0 saturated heterocycles. The summed E-state index contributed by atoms with van der Waals surface area (Å²) >= 11 is 1.42. The van der Waals surface area contributed by atoms with Crippen LogP contribution in [-0.2, 0) is 4.79 Å². The zero-order chi connectivity index (χ0) is 15.4. The van der Waals surface area contributed by atoms with E-state index in [1.54, 1.807) is 0 Å². The summed E-state index contributed by atoms with van der Waals surface area (Å²) in [6.45, 7) is 4.05. The van der Waals surface area contributed by atoms with Crippen molar-refractivity contribution >= 4 is 22.2 Å². The highest BCUT2D eigenvalue weighted by molar-refractivity contribution is 7.16. The van der Waals surface area contributed by atoms with E-state index in [0.29, 0.717) is 10.6 Å². The maximum atomic E-state index is 12.4. The molecular formula is C16H17N3OS. The molecule has 1 atom stereocenters. The molecule has 1 aromatic heterocycles. The first-order valence-electron chi connectivity index (χ1n) is 6.64. The smallest absolute Gasteiger partial charge is 0.233 e. The van der Waals surface area contributed by atoms with Crippen molar-refractivity contribution in [2.75, 3.05) is 11.9 Å². The SMILES string of the molecule is Cc1sc(NC(=O)C(CN)c2ccccc2)c(C#N)c1C. The van der Waals surface area contributed by atoms with Gasteiger partial charge in [-0.15, -0.1) is 11.3 Å². The number of rotatable bonds is 4. The Hall–Kier alpha value is -2.16. The normalized spacial score (nSPS) is 11.7. The molecule has 0 fully saturated rings. The van der Waals surface area contributed by atoms with Gasteiger partial charge < -0.3 is 11.1 Å². The van der Waals surface area contributed by atoms with Crippen LogP contribution in [0.3, 0.4) is 0 Å². The van der Waals surface area contributed by atoms with E-state index in [9.17, 15) is 10.1 Å². The summed E-state index contributed by atoms with van der Waals surface area (Å²) in [5.74, 6) is -0.595. The first-order chi connectivity index (χ1) is 10.1. The second-order valence-electron chi connectivity index (χ2n) is 4.79. The molecule has 3 N–H and O–H groups in total. The lowest BCUT2D eigenvalue weighted by Crippen LogP contribution is -2.27. The highest BCUT2D eigenvalue weighted by Crippen LogP contribution is 2.32. The summed E-state index contributed by atoms with van der Waals surface area (Å²) in [5.41, 5.74) is 8.07. The van der Waals surface area contributed by atoms with Gasteiger partial charge in [-0.2, -0.15) is 5.26 Å². The molecule has 1 unspecified atom stereocenters. The summed E-state index contributed by atoms with van der Waals surface area (Å²) in [5, 5.41) is 12.7. The number of carbonyl (C=O) groups excluding carboxylic acids is 1. The Kier molecular flexibility index (Phi) is 4.73. The Morgan fingerprint density at radius 2 is 2.05 bits per heavy atom. The van der Waals surface area contributed by atoms with Crippen LogP contribution in [0, 0.1) is 25.2 Å². The standard InChI is InChI=1S/C16H17N3OS/c1-10-11(2)21-16(13(10)8-17)19-15(20)14(9-18)12-6-4-3-5-7-12/h3-7,14H,9,18H2,1-2H3,(H,19,20). The fraction of sp³-hybridized carbons (Fsp3) is 0.250. The minimum Gasteiger partial charge on any atom is -0.329 e. The van der Waals surface area contributed by atoms with Gasteiger partial charge in [-0.05, 0) is 25.0 Å². The van der Waals surface area contributed by atoms with Gasteiger partial charge in [0.2, 0.25) is 5.91 Å². The van der Waals surface area contributed by atoms with Crippen LogP contribution in [0.4, 0.5) is 5.00 Å². The maximum Gasteiger partial charge on any atom is 0.233 e. The Bertz CT molecular complexity index is 686. The average Bonchev–Trinajstić information content (AvgIpc) is 2.75. The van der Waals surface area contributed by atoms with Gasteiger partial charge in [-0.25, -0.2) is 0 Å². The molecule has 108 valence electrons. The van der Waals surface area contributed by atoms with Crippen LogP contribution < -0.4 is 11.1 Å². The number of nitrogens with one attached hydrogen (secondary N) is 1. The Morgan fingerprint density at radius 1 is 1.38 bits per heavy atom. The first-order valence-corrected chi connectivity index (χ1v) is 7.46. The van der Waals surface area contributed by atoms with Crippen molar-refractivity contribution in [1.29, 1.82) is 5.26 Å². The van der Waals surface area contributed by atoms with Crippen molar-refractivity contribution in [3.63, 3.8) is 0 Å². The highest BCUT2D eigenvalue weighted by atomic mass is 32.1. The van der Waals surface area contributed by atoms with Crippen LogP contribution in [0.5, 0.6) is 0 Å². The minimum atomic E-state index is -0.416. The van der Waals surface area contributed by atoms with E-state index in [4.69, 9.17) is 5.73 Å². The summed E-state index contributed by atoms with van der Waals surface area (Å²) in [4.78, 5) is 13.5. The van der Waals surface area contributed by atoms with Crippen molar-refractivity contribution in [2.45, 2.75) is 19.8 Å². The van der Waals surface area contributed by atoms with Crippen LogP contribution in [-0.4, -0.2) is 12.5 Å². The van der Waals surface area contributed by atoms with Crippen molar-refractivity contribution in [1.82, 2.24) is 0 Å². The predicted octanol–water partition coefficient (Wildman–Crippen LogP) is 2.92. The number of benzene rings is 1. The molecule has 0 aliphatic rings. The van der Waals surface area contributed by atoms with Gasteiger partial charge in [0, 0.05) is 11.4 Å². The fourth-order valence-corrected chi connectivity index (χ4v) is 3.14. The van der Waals surface area contributed by atoms with Gasteiger partial charge in [-0.3, -0.25) is 4.79 Å². The van der Waals surface area contributed by atoms with Gasteiger partial charge in [0.1, 0.15) is 11.1 Å². The molecule has 1 heterocycles. The summed E-state index contributed by atoms with van der Waals surface area (Å²) in [6.07, 6.45) is 0. The number of hydrogen-bond donors (Lipinski definition) is 2. The zero-order valence-electron chi connectivity index (χ0n) is 12.0. The number of amides is 1. The number of nitrogens with zero attached hydrogens (tertiary/aromatic N) is 1. The average molecular weight is 299 g/mol. The van der Waals surface area contributed by atoms with E-state index in [0.717, 1.165) is 16.0 Å². The molecule has 1 amide bonds. The number of nitriles is 1. The fourth-order valence-electron chi connectivity index (χ4n) is 2.13. The van der Waals surface area contributed by atoms with E-state index in [2.05, 4.69) is 11.4 Å². The molecule has 0 bridgehead atoms. The van der Waals surface area contributed by atoms with E-state index in [1.165, 1.54) is 11.3 Å². The predicted molar refractivity (Wildman–Crippen MR) is 85.4 cm³/mol. The van der Waals surface area contributed by atoms with Crippen molar-refractivity contribution in [3.8, 4) is 6.07 Å². The van der Waals surface area contributed by atoms with Crippen molar-refractivity contribution in [2.24, 2.45) is 5.73 Å². The van der Waals surface area contributed by atoms with Gasteiger partial charge in [-0.1, -0.05) is 30.3 Å². The van der Waals surface area contributed by atoms with Gasteiger partial charge in [0.25, 0.3) is 0 Å². The molecule has 0 spiro atoms. The Morgan fingerprint density at radius 3 is 2.62 bits per heavy atom. The first kappa shape index (κ1) is 15.2. The maximum absolute atomic E-state index is 12.4. The summed E-state index contributed by atoms with van der Waals surface area (Å²) < 4.78 is 0. The molecule has 1 aromatic carbocycles. The molecule has 2 aromatic rings. The van der Waals surface area contributed by atoms with Crippen LogP contribution in [0.1, 0.15) is 27.5 Å². The molecule has 4 nitrogen and oxygen atoms in total. The molecule has 2 rings (SSSR count). The Balaban J connectivity index is 2.25. The largest absolute Gasteiger partial charge is 0.329 e. The van der Waals surface area contributed by atoms with Gasteiger partial charge in [0.05, 0.1) is 11.5 Å². The van der Waals surface area contributed by atoms with Crippen LogP contribution in [0.15, 0.2) is 30.3 Å². The number of thiophene rings is 1. The molecule has 5 heteroatoms. The Labute approximate surface area is 128 Å². The summed E-state index contributed by atoms with van der Waals surface area (Å²) in [6, 6.07) is 11.6. The molecule has 0 radical (unpaired) electrons. The van der Waals surface area contributed by atoms with Crippen LogP contribution >= 0.6 is 11.3 Å². The number of nitrogens with two attached hydrogens (primary N) is 1. The lowest BCUT2D eigenvalue weighted by atomic mass is 9.98. The van der Waals surface area contributed by atoms with Crippen LogP contribution in [0.25, 0.3) is 0 Å². The lowest BCUT2D eigenvalue weighted by molar-refractivity contribution is -0.117. The second-order valence-corrected chi connectivity index (χ2v) is 6.01.